The number of aryl methyl sites for hydroxylation is 2. The average molecular weight is 440 g/mol. The Morgan fingerprint density at radius 3 is 2.42 bits per heavy atom. The van der Waals surface area contributed by atoms with Crippen molar-refractivity contribution in [1.29, 1.82) is 0 Å². The summed E-state index contributed by atoms with van der Waals surface area (Å²) in [4.78, 5) is 12.3. The molecule has 1 N–H and O–H groups in total. The van der Waals surface area contributed by atoms with Crippen LogP contribution in [0.2, 0.25) is 0 Å². The van der Waals surface area contributed by atoms with Crippen molar-refractivity contribution in [3.05, 3.63) is 107 Å². The molecule has 0 fully saturated rings. The molecule has 0 aliphatic heterocycles. The van der Waals surface area contributed by atoms with Crippen LogP contribution in [0.1, 0.15) is 33.6 Å². The summed E-state index contributed by atoms with van der Waals surface area (Å²) in [5, 5.41) is 11.9. The van der Waals surface area contributed by atoms with E-state index in [1.165, 1.54) is 16.7 Å². The second-order valence-corrected chi connectivity index (χ2v) is 8.22. The molecule has 168 valence electrons. The third kappa shape index (κ3) is 5.66. The lowest BCUT2D eigenvalue weighted by Crippen LogP contribution is -2.23. The zero-order valence-electron chi connectivity index (χ0n) is 19.3. The van der Waals surface area contributed by atoms with E-state index in [1.54, 1.807) is 12.3 Å². The quantitative estimate of drug-likeness (QED) is 0.414. The molecular formula is C27H29N5O. The van der Waals surface area contributed by atoms with Gasteiger partial charge in [0.1, 0.15) is 0 Å². The Balaban J connectivity index is 1.30. The Hall–Kier alpha value is -3.93. The molecule has 2 aromatic heterocycles. The van der Waals surface area contributed by atoms with Crippen LogP contribution in [0.3, 0.4) is 0 Å². The molecular weight excluding hydrogens is 410 g/mol. The lowest BCUT2D eigenvalue weighted by atomic mass is 10.1. The molecule has 0 aliphatic carbocycles. The SMILES string of the molecule is Cc1ccc(Cn2nc(C)c(/C=C/C(=O)NCCc3ccc(-n4cccn4)cc3)c2C)cc1. The number of rotatable bonds is 8. The van der Waals surface area contributed by atoms with Gasteiger partial charge in [0.05, 0.1) is 17.9 Å². The highest BCUT2D eigenvalue weighted by Crippen LogP contribution is 2.17. The van der Waals surface area contributed by atoms with Gasteiger partial charge in [0.15, 0.2) is 0 Å². The molecule has 0 atom stereocenters. The van der Waals surface area contributed by atoms with Gasteiger partial charge in [-0.1, -0.05) is 42.0 Å². The molecule has 6 heteroatoms. The third-order valence-corrected chi connectivity index (χ3v) is 5.71. The highest BCUT2D eigenvalue weighted by molar-refractivity contribution is 5.92. The Morgan fingerprint density at radius 1 is 1.00 bits per heavy atom. The predicted octanol–water partition coefficient (Wildman–Crippen LogP) is 4.41. The van der Waals surface area contributed by atoms with E-state index < -0.39 is 0 Å². The maximum Gasteiger partial charge on any atom is 0.244 e. The van der Waals surface area contributed by atoms with Crippen LogP contribution in [0.25, 0.3) is 11.8 Å². The van der Waals surface area contributed by atoms with Crippen molar-refractivity contribution >= 4 is 12.0 Å². The molecule has 0 radical (unpaired) electrons. The van der Waals surface area contributed by atoms with Crippen LogP contribution in [0, 0.1) is 20.8 Å². The number of nitrogens with zero attached hydrogens (tertiary/aromatic N) is 4. The van der Waals surface area contributed by atoms with E-state index in [1.807, 2.05) is 53.7 Å². The van der Waals surface area contributed by atoms with Crippen molar-refractivity contribution in [2.75, 3.05) is 6.54 Å². The van der Waals surface area contributed by atoms with E-state index in [0.29, 0.717) is 13.1 Å². The first kappa shape index (κ1) is 22.3. The Bertz CT molecular complexity index is 1230. The minimum Gasteiger partial charge on any atom is -0.352 e. The van der Waals surface area contributed by atoms with Crippen molar-refractivity contribution in [3.63, 3.8) is 0 Å². The molecule has 0 spiro atoms. The number of carbonyl (C=O) groups is 1. The van der Waals surface area contributed by atoms with Crippen LogP contribution in [0.5, 0.6) is 0 Å². The first-order valence-corrected chi connectivity index (χ1v) is 11.1. The number of nitrogens with one attached hydrogen (secondary N) is 1. The molecule has 1 amide bonds. The van der Waals surface area contributed by atoms with Gasteiger partial charge in [-0.2, -0.15) is 10.2 Å². The van der Waals surface area contributed by atoms with Gasteiger partial charge in [-0.25, -0.2) is 4.68 Å². The summed E-state index contributed by atoms with van der Waals surface area (Å²) in [5.41, 5.74) is 7.59. The van der Waals surface area contributed by atoms with Gasteiger partial charge < -0.3 is 5.32 Å². The molecule has 33 heavy (non-hydrogen) atoms. The predicted molar refractivity (Wildman–Crippen MR) is 131 cm³/mol. The zero-order valence-corrected chi connectivity index (χ0v) is 19.3. The Labute approximate surface area is 194 Å². The average Bonchev–Trinajstić information content (AvgIpc) is 3.43. The van der Waals surface area contributed by atoms with Crippen LogP contribution >= 0.6 is 0 Å². The van der Waals surface area contributed by atoms with Crippen LogP contribution < -0.4 is 5.32 Å². The maximum atomic E-state index is 12.3. The third-order valence-electron chi connectivity index (χ3n) is 5.71. The van der Waals surface area contributed by atoms with Gasteiger partial charge in [0.2, 0.25) is 5.91 Å². The second-order valence-electron chi connectivity index (χ2n) is 8.22. The monoisotopic (exact) mass is 439 g/mol. The summed E-state index contributed by atoms with van der Waals surface area (Å²) in [5.74, 6) is -0.103. The first-order chi connectivity index (χ1) is 16.0. The largest absolute Gasteiger partial charge is 0.352 e. The summed E-state index contributed by atoms with van der Waals surface area (Å²) in [6.07, 6.45) is 7.89. The van der Waals surface area contributed by atoms with Gasteiger partial charge in [-0.3, -0.25) is 9.48 Å². The van der Waals surface area contributed by atoms with Gasteiger partial charge in [-0.15, -0.1) is 0 Å². The zero-order chi connectivity index (χ0) is 23.2. The molecule has 4 rings (SSSR count). The normalized spacial score (nSPS) is 11.2. The summed E-state index contributed by atoms with van der Waals surface area (Å²) in [6, 6.07) is 18.6. The summed E-state index contributed by atoms with van der Waals surface area (Å²) >= 11 is 0. The molecule has 0 unspecified atom stereocenters. The van der Waals surface area contributed by atoms with E-state index in [2.05, 4.69) is 58.8 Å². The van der Waals surface area contributed by atoms with E-state index in [0.717, 1.165) is 29.1 Å². The highest BCUT2D eigenvalue weighted by Gasteiger charge is 2.10. The highest BCUT2D eigenvalue weighted by atomic mass is 16.1. The molecule has 0 saturated heterocycles. The molecule has 0 bridgehead atoms. The fourth-order valence-corrected chi connectivity index (χ4v) is 3.76. The van der Waals surface area contributed by atoms with E-state index in [4.69, 9.17) is 0 Å². The number of amides is 1. The van der Waals surface area contributed by atoms with Crippen molar-refractivity contribution in [2.24, 2.45) is 0 Å². The molecule has 6 nitrogen and oxygen atoms in total. The van der Waals surface area contributed by atoms with Gasteiger partial charge in [0, 0.05) is 36.3 Å². The van der Waals surface area contributed by atoms with E-state index in [-0.39, 0.29) is 5.91 Å². The van der Waals surface area contributed by atoms with E-state index >= 15 is 0 Å². The number of hydrogen-bond acceptors (Lipinski definition) is 3. The smallest absolute Gasteiger partial charge is 0.244 e. The van der Waals surface area contributed by atoms with Crippen molar-refractivity contribution in [1.82, 2.24) is 24.9 Å². The molecule has 4 aromatic rings. The minimum atomic E-state index is -0.103. The lowest BCUT2D eigenvalue weighted by molar-refractivity contribution is -0.116. The molecule has 2 heterocycles. The lowest BCUT2D eigenvalue weighted by Gasteiger charge is -2.06. The van der Waals surface area contributed by atoms with Gasteiger partial charge >= 0.3 is 0 Å². The number of benzene rings is 2. The minimum absolute atomic E-state index is 0.103. The number of hydrogen-bond donors (Lipinski definition) is 1. The standard InChI is InChI=1S/C27H29N5O/c1-20-5-7-24(8-6-20)19-32-22(3)26(21(2)30-32)13-14-27(33)28-17-15-23-9-11-25(12-10-23)31-18-4-16-29-31/h4-14,16,18H,15,17,19H2,1-3H3,(H,28,33)/b14-13+. The summed E-state index contributed by atoms with van der Waals surface area (Å²) < 4.78 is 3.81. The van der Waals surface area contributed by atoms with Crippen molar-refractivity contribution in [2.45, 2.75) is 33.7 Å². The number of carbonyl (C=O) groups excluding carboxylic acids is 1. The Morgan fingerprint density at radius 2 is 1.73 bits per heavy atom. The molecule has 0 aliphatic rings. The van der Waals surface area contributed by atoms with Crippen molar-refractivity contribution < 1.29 is 4.79 Å². The topological polar surface area (TPSA) is 64.7 Å². The van der Waals surface area contributed by atoms with Gasteiger partial charge in [0.25, 0.3) is 0 Å². The summed E-state index contributed by atoms with van der Waals surface area (Å²) in [6.45, 7) is 7.39. The molecule has 0 saturated carbocycles. The van der Waals surface area contributed by atoms with Crippen molar-refractivity contribution in [3.8, 4) is 5.69 Å². The Kier molecular flexibility index (Phi) is 6.83. The first-order valence-electron chi connectivity index (χ1n) is 11.1. The second kappa shape index (κ2) is 10.1. The van der Waals surface area contributed by atoms with Gasteiger partial charge in [-0.05, 0) is 62.6 Å². The maximum absolute atomic E-state index is 12.3. The molecule has 2 aromatic carbocycles. The van der Waals surface area contributed by atoms with Crippen LogP contribution in [0.4, 0.5) is 0 Å². The fraction of sp³-hybridized carbons (Fsp3) is 0.222. The number of aromatic nitrogens is 4. The van der Waals surface area contributed by atoms with Crippen LogP contribution in [-0.2, 0) is 17.8 Å². The fourth-order valence-electron chi connectivity index (χ4n) is 3.76. The summed E-state index contributed by atoms with van der Waals surface area (Å²) in [7, 11) is 0. The van der Waals surface area contributed by atoms with Crippen LogP contribution in [0.15, 0.2) is 73.1 Å². The van der Waals surface area contributed by atoms with Crippen LogP contribution in [-0.4, -0.2) is 32.0 Å². The van der Waals surface area contributed by atoms with E-state index in [9.17, 15) is 4.79 Å².